The van der Waals surface area contributed by atoms with Crippen LogP contribution >= 0.6 is 27.7 Å². The van der Waals surface area contributed by atoms with E-state index >= 15 is 0 Å². The largest absolute Gasteiger partial charge is 0.493 e. The maximum absolute atomic E-state index is 13.0. The van der Waals surface area contributed by atoms with E-state index in [1.54, 1.807) is 30.7 Å². The van der Waals surface area contributed by atoms with Crippen molar-refractivity contribution in [1.82, 2.24) is 14.5 Å². The molecule has 0 bridgehead atoms. The minimum atomic E-state index is -0.0242. The lowest BCUT2D eigenvalue weighted by molar-refractivity contribution is -0.129. The number of likely N-dealkylation sites (N-methyl/N-ethyl adjacent to an activating group) is 1. The van der Waals surface area contributed by atoms with Gasteiger partial charge < -0.3 is 14.4 Å². The third-order valence-electron chi connectivity index (χ3n) is 6.22. The van der Waals surface area contributed by atoms with Gasteiger partial charge in [0.15, 0.2) is 16.7 Å². The molecule has 0 radical (unpaired) electrons. The Bertz CT molecular complexity index is 1280. The summed E-state index contributed by atoms with van der Waals surface area (Å²) in [5.74, 6) is 2.19. The first-order valence-electron chi connectivity index (χ1n) is 12.1. The summed E-state index contributed by atoms with van der Waals surface area (Å²) < 4.78 is 13.3. The Balaban J connectivity index is 1.49. The van der Waals surface area contributed by atoms with E-state index in [-0.39, 0.29) is 11.5 Å². The summed E-state index contributed by atoms with van der Waals surface area (Å²) in [6, 6.07) is 13.8. The highest BCUT2D eigenvalue weighted by Gasteiger charge is 2.14. The summed E-state index contributed by atoms with van der Waals surface area (Å²) in [4.78, 5) is 32.1. The molecule has 0 spiro atoms. The number of ether oxygens (including phenoxy) is 2. The highest BCUT2D eigenvalue weighted by molar-refractivity contribution is 9.10. The number of nitrogens with zero attached hydrogens (tertiary/aromatic N) is 3. The molecule has 3 rings (SSSR count). The van der Waals surface area contributed by atoms with E-state index in [0.29, 0.717) is 53.8 Å². The fourth-order valence-corrected chi connectivity index (χ4v) is 5.12. The summed E-state index contributed by atoms with van der Waals surface area (Å²) in [6.45, 7) is 2.51. The van der Waals surface area contributed by atoms with Gasteiger partial charge in [-0.05, 0) is 55.2 Å². The minimum Gasteiger partial charge on any atom is -0.493 e. The van der Waals surface area contributed by atoms with Crippen molar-refractivity contribution in [2.24, 2.45) is 7.05 Å². The van der Waals surface area contributed by atoms with Gasteiger partial charge in [0.2, 0.25) is 5.91 Å². The number of aryl methyl sites for hydroxylation is 1. The van der Waals surface area contributed by atoms with E-state index in [0.717, 1.165) is 27.7 Å². The molecule has 37 heavy (non-hydrogen) atoms. The van der Waals surface area contributed by atoms with Crippen LogP contribution in [0.5, 0.6) is 11.5 Å². The van der Waals surface area contributed by atoms with Crippen LogP contribution in [0.15, 0.2) is 56.9 Å². The van der Waals surface area contributed by atoms with Crippen LogP contribution in [0.2, 0.25) is 0 Å². The Kier molecular flexibility index (Phi) is 10.6. The number of benzene rings is 2. The summed E-state index contributed by atoms with van der Waals surface area (Å²) in [5, 5.41) is 0.677. The van der Waals surface area contributed by atoms with Gasteiger partial charge in [-0.3, -0.25) is 14.2 Å². The number of rotatable bonds is 12. The molecule has 0 unspecified atom stereocenters. The number of thioether (sulfide) groups is 1. The lowest BCUT2D eigenvalue weighted by atomic mass is 10.1. The molecule has 1 aromatic heterocycles. The number of carbonyl (C=O) groups is 1. The summed E-state index contributed by atoms with van der Waals surface area (Å²) in [5.41, 5.74) is 3.59. The normalized spacial score (nSPS) is 10.9. The number of aromatic nitrogens is 2. The average Bonchev–Trinajstić information content (AvgIpc) is 2.90. The van der Waals surface area contributed by atoms with E-state index < -0.39 is 0 Å². The van der Waals surface area contributed by atoms with Crippen molar-refractivity contribution in [2.45, 2.75) is 37.8 Å². The highest BCUT2D eigenvalue weighted by Crippen LogP contribution is 2.27. The second-order valence-corrected chi connectivity index (χ2v) is 10.8. The van der Waals surface area contributed by atoms with Crippen LogP contribution in [0.3, 0.4) is 0 Å². The van der Waals surface area contributed by atoms with Gasteiger partial charge in [0.25, 0.3) is 5.56 Å². The molecule has 0 aliphatic rings. The Morgan fingerprint density at radius 1 is 1.08 bits per heavy atom. The Morgan fingerprint density at radius 3 is 2.43 bits per heavy atom. The summed E-state index contributed by atoms with van der Waals surface area (Å²) in [6.07, 6.45) is 2.44. The number of methoxy groups -OCH3 is 2. The molecule has 198 valence electrons. The molecular weight excluding hydrogens is 554 g/mol. The van der Waals surface area contributed by atoms with Crippen molar-refractivity contribution in [3.63, 3.8) is 0 Å². The lowest BCUT2D eigenvalue weighted by Gasteiger charge is -2.18. The van der Waals surface area contributed by atoms with Gasteiger partial charge in [-0.1, -0.05) is 45.9 Å². The van der Waals surface area contributed by atoms with E-state index in [1.165, 1.54) is 11.8 Å². The summed E-state index contributed by atoms with van der Waals surface area (Å²) >= 11 is 4.95. The van der Waals surface area contributed by atoms with Crippen LogP contribution in [-0.2, 0) is 24.7 Å². The Hall–Kier alpha value is -2.78. The van der Waals surface area contributed by atoms with Crippen molar-refractivity contribution < 1.29 is 14.3 Å². The predicted molar refractivity (Wildman–Crippen MR) is 152 cm³/mol. The number of hydrogen-bond donors (Lipinski definition) is 0. The van der Waals surface area contributed by atoms with Gasteiger partial charge in [-0.25, -0.2) is 4.98 Å². The molecule has 9 heteroatoms. The minimum absolute atomic E-state index is 0.0242. The average molecular weight is 589 g/mol. The molecule has 0 saturated carbocycles. The molecule has 0 aliphatic heterocycles. The second kappa shape index (κ2) is 13.7. The van der Waals surface area contributed by atoms with Crippen LogP contribution in [0, 0.1) is 6.92 Å². The fraction of sp³-hybridized carbons (Fsp3) is 0.393. The molecule has 2 aromatic carbocycles. The molecule has 0 N–H and O–H groups in total. The smallest absolute Gasteiger partial charge is 0.257 e. The zero-order valence-electron chi connectivity index (χ0n) is 22.0. The molecule has 0 atom stereocenters. The molecule has 0 aliphatic carbocycles. The molecule has 1 heterocycles. The van der Waals surface area contributed by atoms with Crippen molar-refractivity contribution >= 4 is 33.6 Å². The molecule has 0 saturated heterocycles. The first-order chi connectivity index (χ1) is 17.7. The van der Waals surface area contributed by atoms with Crippen LogP contribution in [0.25, 0.3) is 0 Å². The second-order valence-electron chi connectivity index (χ2n) is 8.83. The third-order valence-corrected chi connectivity index (χ3v) is 7.86. The van der Waals surface area contributed by atoms with Crippen LogP contribution in [0.4, 0.5) is 0 Å². The fourth-order valence-electron chi connectivity index (χ4n) is 3.90. The number of halogens is 1. The molecule has 7 nitrogen and oxygen atoms in total. The maximum Gasteiger partial charge on any atom is 0.257 e. The van der Waals surface area contributed by atoms with Crippen LogP contribution in [0.1, 0.15) is 35.2 Å². The van der Waals surface area contributed by atoms with Crippen molar-refractivity contribution in [3.8, 4) is 11.5 Å². The SMILES string of the molecule is COc1ccc(CCN(C)C(=O)CCCSc2nc(C)c(Cc3ccc(Br)cc3)c(=O)n2C)cc1OC. The predicted octanol–water partition coefficient (Wildman–Crippen LogP) is 5.03. The van der Waals surface area contributed by atoms with Gasteiger partial charge in [0.1, 0.15) is 0 Å². The Morgan fingerprint density at radius 2 is 1.76 bits per heavy atom. The zero-order chi connectivity index (χ0) is 26.9. The van der Waals surface area contributed by atoms with Crippen LogP contribution < -0.4 is 15.0 Å². The van der Waals surface area contributed by atoms with E-state index in [4.69, 9.17) is 14.5 Å². The van der Waals surface area contributed by atoms with Gasteiger partial charge in [-0.2, -0.15) is 0 Å². The lowest BCUT2D eigenvalue weighted by Crippen LogP contribution is -2.28. The van der Waals surface area contributed by atoms with E-state index in [9.17, 15) is 9.59 Å². The van der Waals surface area contributed by atoms with E-state index in [2.05, 4.69) is 15.9 Å². The van der Waals surface area contributed by atoms with Gasteiger partial charge in [0, 0.05) is 55.0 Å². The third kappa shape index (κ3) is 7.85. The molecule has 0 fully saturated rings. The first-order valence-corrected chi connectivity index (χ1v) is 13.9. The van der Waals surface area contributed by atoms with Gasteiger partial charge in [0.05, 0.1) is 14.2 Å². The number of hydrogen-bond acceptors (Lipinski definition) is 6. The number of amides is 1. The Labute approximate surface area is 231 Å². The summed E-state index contributed by atoms with van der Waals surface area (Å²) in [7, 11) is 6.81. The van der Waals surface area contributed by atoms with Gasteiger partial charge in [-0.15, -0.1) is 0 Å². The standard InChI is InChI=1S/C28H34BrN3O4S/c1-19-23(17-20-8-11-22(29)12-9-20)27(34)32(3)28(30-19)37-16-6-7-26(33)31(2)15-14-21-10-13-24(35-4)25(18-21)36-5/h8-13,18H,6-7,14-17H2,1-5H3. The molecule has 3 aromatic rings. The quantitative estimate of drug-likeness (QED) is 0.168. The first kappa shape index (κ1) is 28.8. The van der Waals surface area contributed by atoms with E-state index in [1.807, 2.05) is 56.4 Å². The topological polar surface area (TPSA) is 73.7 Å². The monoisotopic (exact) mass is 587 g/mol. The van der Waals surface area contributed by atoms with Crippen LogP contribution in [-0.4, -0.2) is 53.9 Å². The van der Waals surface area contributed by atoms with Gasteiger partial charge >= 0.3 is 0 Å². The molecule has 1 amide bonds. The van der Waals surface area contributed by atoms with Crippen molar-refractivity contribution in [1.29, 1.82) is 0 Å². The highest BCUT2D eigenvalue weighted by atomic mass is 79.9. The number of carbonyl (C=O) groups excluding carboxylic acids is 1. The van der Waals surface area contributed by atoms with Crippen molar-refractivity contribution in [2.75, 3.05) is 33.6 Å². The zero-order valence-corrected chi connectivity index (χ0v) is 24.4. The van der Waals surface area contributed by atoms with Crippen molar-refractivity contribution in [3.05, 3.63) is 79.7 Å². The maximum atomic E-state index is 13.0. The molecular formula is C28H34BrN3O4S.